The van der Waals surface area contributed by atoms with Crippen molar-refractivity contribution in [2.24, 2.45) is 5.92 Å². The molecule has 37 heavy (non-hydrogen) atoms. The molecule has 0 radical (unpaired) electrons. The molecule has 2 heterocycles. The zero-order valence-corrected chi connectivity index (χ0v) is 22.5. The van der Waals surface area contributed by atoms with Crippen LogP contribution < -0.4 is 15.4 Å². The number of rotatable bonds is 9. The number of ketones is 1. The topological polar surface area (TPSA) is 180 Å². The third-order valence-corrected chi connectivity index (χ3v) is 9.61. The van der Waals surface area contributed by atoms with Gasteiger partial charge in [0.05, 0.1) is 24.2 Å². The number of urea groups is 1. The number of thiazole rings is 1. The zero-order chi connectivity index (χ0) is 26.8. The smallest absolute Gasteiger partial charge is 0.325 e. The van der Waals surface area contributed by atoms with Gasteiger partial charge >= 0.3 is 6.03 Å². The number of sulfonamides is 1. The van der Waals surface area contributed by atoms with E-state index in [0.717, 1.165) is 37.5 Å². The van der Waals surface area contributed by atoms with Gasteiger partial charge in [-0.25, -0.2) is 36.3 Å². The molecule has 12 nitrogen and oxygen atoms in total. The molecule has 1 saturated carbocycles. The summed E-state index contributed by atoms with van der Waals surface area (Å²) in [7, 11) is -7.81. The summed E-state index contributed by atoms with van der Waals surface area (Å²) in [6.07, 6.45) is 7.15. The van der Waals surface area contributed by atoms with Gasteiger partial charge in [-0.2, -0.15) is 0 Å². The average Bonchev–Trinajstić information content (AvgIpc) is 3.59. The number of nitrogens with zero attached hydrogens (tertiary/aromatic N) is 2. The number of nitrogens with one attached hydrogen (secondary N) is 4. The van der Waals surface area contributed by atoms with Crippen LogP contribution in [0.15, 0.2) is 40.0 Å². The van der Waals surface area contributed by atoms with E-state index in [1.165, 1.54) is 12.4 Å². The molecule has 1 fully saturated rings. The maximum absolute atomic E-state index is 13.1. The highest BCUT2D eigenvalue weighted by atomic mass is 32.2. The Bertz CT molecular complexity index is 1520. The molecule has 0 spiro atoms. The van der Waals surface area contributed by atoms with Crippen LogP contribution >= 0.6 is 11.3 Å². The summed E-state index contributed by atoms with van der Waals surface area (Å²) < 4.78 is 51.2. The molecule has 4 N–H and O–H groups in total. The fraction of sp³-hybridized carbons (Fsp3) is 0.364. The SMILES string of the molecule is Cc1ccc(NC(=O)Nc2nc(CNS(C)(=O)=O)c(S(=O)(=O)c3ncc[nH]3)s2)c(C(=O)C2CCCC2)c1. The molecular weight excluding hydrogens is 540 g/mol. The van der Waals surface area contributed by atoms with E-state index in [1.54, 1.807) is 18.2 Å². The molecular formula is C22H26N6O6S3. The quantitative estimate of drug-likeness (QED) is 0.285. The Balaban J connectivity index is 1.58. The van der Waals surface area contributed by atoms with E-state index in [4.69, 9.17) is 0 Å². The van der Waals surface area contributed by atoms with Crippen molar-refractivity contribution in [3.63, 3.8) is 0 Å². The van der Waals surface area contributed by atoms with E-state index in [-0.39, 0.29) is 31.9 Å². The molecule has 1 aliphatic carbocycles. The number of aromatic nitrogens is 3. The number of aromatic amines is 1. The van der Waals surface area contributed by atoms with Crippen LogP contribution in [0.4, 0.5) is 15.6 Å². The number of amides is 2. The number of carbonyl (C=O) groups is 2. The van der Waals surface area contributed by atoms with Crippen molar-refractivity contribution in [2.45, 2.75) is 48.5 Å². The largest absolute Gasteiger partial charge is 0.335 e. The van der Waals surface area contributed by atoms with Gasteiger partial charge in [-0.3, -0.25) is 10.1 Å². The van der Waals surface area contributed by atoms with E-state index >= 15 is 0 Å². The number of carbonyl (C=O) groups excluding carboxylic acids is 2. The van der Waals surface area contributed by atoms with Crippen LogP contribution in [0.2, 0.25) is 0 Å². The maximum Gasteiger partial charge on any atom is 0.325 e. The van der Waals surface area contributed by atoms with E-state index in [2.05, 4.69) is 30.3 Å². The third-order valence-electron chi connectivity index (χ3n) is 5.77. The van der Waals surface area contributed by atoms with Crippen LogP contribution in [0.1, 0.15) is 47.3 Å². The van der Waals surface area contributed by atoms with E-state index in [9.17, 15) is 26.4 Å². The molecule has 0 bridgehead atoms. The summed E-state index contributed by atoms with van der Waals surface area (Å²) in [4.78, 5) is 36.3. The number of benzene rings is 1. The van der Waals surface area contributed by atoms with Crippen LogP contribution in [0.3, 0.4) is 0 Å². The summed E-state index contributed by atoms with van der Waals surface area (Å²) in [6, 6.07) is 4.42. The van der Waals surface area contributed by atoms with Gasteiger partial charge in [0, 0.05) is 23.9 Å². The number of H-pyrrole nitrogens is 1. The fourth-order valence-corrected chi connectivity index (χ4v) is 7.08. The number of hydrogen-bond acceptors (Lipinski definition) is 9. The molecule has 15 heteroatoms. The second-order valence-corrected chi connectivity index (χ2v) is 13.6. The van der Waals surface area contributed by atoms with Gasteiger partial charge in [-0.1, -0.05) is 35.8 Å². The average molecular weight is 567 g/mol. The number of sulfone groups is 1. The van der Waals surface area contributed by atoms with Crippen molar-refractivity contribution in [3.05, 3.63) is 47.4 Å². The number of aryl methyl sites for hydroxylation is 1. The number of Topliss-reactive ketones (excluding diaryl/α,β-unsaturated/α-hetero) is 1. The summed E-state index contributed by atoms with van der Waals surface area (Å²) in [5.41, 5.74) is 1.52. The molecule has 1 aliphatic rings. The minimum Gasteiger partial charge on any atom is -0.335 e. The Labute approximate surface area is 218 Å². The highest BCUT2D eigenvalue weighted by Gasteiger charge is 2.30. The van der Waals surface area contributed by atoms with Crippen molar-refractivity contribution in [1.29, 1.82) is 0 Å². The first-order valence-electron chi connectivity index (χ1n) is 11.4. The van der Waals surface area contributed by atoms with Crippen molar-refractivity contribution >= 4 is 53.8 Å². The lowest BCUT2D eigenvalue weighted by molar-refractivity contribution is 0.0923. The predicted octanol–water partition coefficient (Wildman–Crippen LogP) is 3.07. The predicted molar refractivity (Wildman–Crippen MR) is 138 cm³/mol. The van der Waals surface area contributed by atoms with Gasteiger partial charge in [0.15, 0.2) is 15.1 Å². The molecule has 0 aliphatic heterocycles. The summed E-state index contributed by atoms with van der Waals surface area (Å²) >= 11 is 0.655. The lowest BCUT2D eigenvalue weighted by atomic mass is 9.94. The molecule has 3 aromatic rings. The van der Waals surface area contributed by atoms with Gasteiger partial charge in [0.2, 0.25) is 15.2 Å². The minimum atomic E-state index is -4.16. The number of anilines is 2. The number of hydrogen-bond donors (Lipinski definition) is 4. The first-order chi connectivity index (χ1) is 17.4. The highest BCUT2D eigenvalue weighted by molar-refractivity contribution is 7.93. The first-order valence-corrected chi connectivity index (χ1v) is 15.5. The number of imidazole rings is 1. The summed E-state index contributed by atoms with van der Waals surface area (Å²) in [5, 5.41) is 4.72. The van der Waals surface area contributed by atoms with Crippen LogP contribution in [-0.4, -0.2) is 49.9 Å². The van der Waals surface area contributed by atoms with Crippen molar-refractivity contribution < 1.29 is 26.4 Å². The molecule has 2 aromatic heterocycles. The zero-order valence-electron chi connectivity index (χ0n) is 20.1. The monoisotopic (exact) mass is 566 g/mol. The van der Waals surface area contributed by atoms with Crippen molar-refractivity contribution in [1.82, 2.24) is 19.7 Å². The van der Waals surface area contributed by atoms with Gasteiger partial charge in [0.25, 0.3) is 9.84 Å². The highest BCUT2D eigenvalue weighted by Crippen LogP contribution is 2.33. The van der Waals surface area contributed by atoms with Crippen LogP contribution in [0.5, 0.6) is 0 Å². The molecule has 0 unspecified atom stereocenters. The molecule has 4 rings (SSSR count). The van der Waals surface area contributed by atoms with Gasteiger partial charge in [-0.15, -0.1) is 0 Å². The normalized spacial score (nSPS) is 14.5. The Hall–Kier alpha value is -3.14. The molecule has 1 aromatic carbocycles. The lowest BCUT2D eigenvalue weighted by Crippen LogP contribution is -2.23. The van der Waals surface area contributed by atoms with E-state index < -0.39 is 32.4 Å². The minimum absolute atomic E-state index is 0.0216. The van der Waals surface area contributed by atoms with E-state index in [1.807, 2.05) is 6.92 Å². The van der Waals surface area contributed by atoms with Gasteiger partial charge in [-0.05, 0) is 31.9 Å². The first kappa shape index (κ1) is 26.9. The Morgan fingerprint density at radius 3 is 2.51 bits per heavy atom. The molecule has 2 amide bonds. The molecule has 0 saturated heterocycles. The second kappa shape index (κ2) is 10.7. The third kappa shape index (κ3) is 6.41. The van der Waals surface area contributed by atoms with Crippen LogP contribution in [0.25, 0.3) is 0 Å². The molecule has 0 atom stereocenters. The Morgan fingerprint density at radius 1 is 1.14 bits per heavy atom. The second-order valence-electron chi connectivity index (χ2n) is 8.72. The molecule has 198 valence electrons. The Kier molecular flexibility index (Phi) is 7.77. The summed E-state index contributed by atoms with van der Waals surface area (Å²) in [5.74, 6) is -0.102. The lowest BCUT2D eigenvalue weighted by Gasteiger charge is -2.14. The summed E-state index contributed by atoms with van der Waals surface area (Å²) in [6.45, 7) is 1.45. The van der Waals surface area contributed by atoms with Crippen molar-refractivity contribution in [3.8, 4) is 0 Å². The fourth-order valence-electron chi connectivity index (χ4n) is 4.03. The van der Waals surface area contributed by atoms with Gasteiger partial charge < -0.3 is 10.3 Å². The van der Waals surface area contributed by atoms with Crippen LogP contribution in [-0.2, 0) is 26.4 Å². The maximum atomic E-state index is 13.1. The Morgan fingerprint density at radius 2 is 1.86 bits per heavy atom. The van der Waals surface area contributed by atoms with Crippen molar-refractivity contribution in [2.75, 3.05) is 16.9 Å². The van der Waals surface area contributed by atoms with E-state index in [0.29, 0.717) is 22.6 Å². The van der Waals surface area contributed by atoms with Gasteiger partial charge in [0.1, 0.15) is 0 Å². The van der Waals surface area contributed by atoms with Crippen LogP contribution in [0, 0.1) is 12.8 Å². The standard InChI is InChI=1S/C22H26N6O6S3/c1-13-7-8-16(15(11-13)18(29)14-5-3-4-6-14)26-20(30)28-21-27-17(12-25-36(2,31)32)19(35-21)37(33,34)22-23-9-10-24-22/h7-11,14,25H,3-6,12H2,1-2H3,(H,23,24)(H2,26,27,28,30).